The summed E-state index contributed by atoms with van der Waals surface area (Å²) in [5.41, 5.74) is -0.556. The van der Waals surface area contributed by atoms with Crippen molar-refractivity contribution in [1.29, 1.82) is 0 Å². The van der Waals surface area contributed by atoms with Crippen molar-refractivity contribution in [1.82, 2.24) is 0 Å². The van der Waals surface area contributed by atoms with Crippen molar-refractivity contribution in [3.63, 3.8) is 0 Å². The van der Waals surface area contributed by atoms with Gasteiger partial charge in [0.05, 0.1) is 16.3 Å². The fourth-order valence-electron chi connectivity index (χ4n) is 1.32. The van der Waals surface area contributed by atoms with E-state index in [9.17, 15) is 28.1 Å². The maximum absolute atomic E-state index is 12.0. The van der Waals surface area contributed by atoms with Crippen LogP contribution in [0.1, 0.15) is 5.56 Å². The van der Waals surface area contributed by atoms with Gasteiger partial charge in [-0.3, -0.25) is 14.9 Å². The van der Waals surface area contributed by atoms with Gasteiger partial charge in [0.25, 0.3) is 5.69 Å². The van der Waals surface area contributed by atoms with E-state index in [1.165, 1.54) is 0 Å². The Labute approximate surface area is 113 Å². The molecule has 0 aromatic heterocycles. The summed E-state index contributed by atoms with van der Waals surface area (Å²) in [6.45, 7) is 0. The molecule has 0 saturated heterocycles. The van der Waals surface area contributed by atoms with Crippen molar-refractivity contribution in [3.05, 3.63) is 33.9 Å². The predicted molar refractivity (Wildman–Crippen MR) is 62.3 cm³/mol. The van der Waals surface area contributed by atoms with Crippen molar-refractivity contribution < 1.29 is 27.6 Å². The molecule has 0 bridgehead atoms. The number of alkyl halides is 4. The van der Waals surface area contributed by atoms with Crippen molar-refractivity contribution in [2.45, 2.75) is 12.8 Å². The van der Waals surface area contributed by atoms with E-state index in [4.69, 9.17) is 0 Å². The number of carbonyl (C=O) groups excluding carboxylic acids is 1. The van der Waals surface area contributed by atoms with Gasteiger partial charge < -0.3 is 4.74 Å². The first kappa shape index (κ1) is 15.4. The molecule has 1 aromatic rings. The molecule has 5 nitrogen and oxygen atoms in total. The number of Topliss-reactive ketones (excluding diaryl/α,β-unsaturated/α-hetero) is 1. The summed E-state index contributed by atoms with van der Waals surface area (Å²) >= 11 is 2.90. The van der Waals surface area contributed by atoms with Crippen LogP contribution in [0.15, 0.2) is 18.2 Å². The highest BCUT2D eigenvalue weighted by Gasteiger charge is 2.32. The van der Waals surface area contributed by atoms with Gasteiger partial charge in [-0.25, -0.2) is 0 Å². The summed E-state index contributed by atoms with van der Waals surface area (Å²) in [6.07, 6.45) is -5.17. The Hall–Kier alpha value is -1.64. The first-order valence-electron chi connectivity index (χ1n) is 4.83. The second-order valence-corrected chi connectivity index (χ2v) is 4.01. The van der Waals surface area contributed by atoms with Gasteiger partial charge in [-0.15, -0.1) is 13.2 Å². The van der Waals surface area contributed by atoms with E-state index in [2.05, 4.69) is 20.7 Å². The van der Waals surface area contributed by atoms with Crippen LogP contribution in [-0.2, 0) is 11.2 Å². The van der Waals surface area contributed by atoms with Gasteiger partial charge in [0.2, 0.25) is 0 Å². The Bertz CT molecular complexity index is 504. The molecule has 19 heavy (non-hydrogen) atoms. The molecular formula is C10H7BrF3NO4. The minimum Gasteiger partial charge on any atom is -0.406 e. The number of rotatable bonds is 5. The maximum atomic E-state index is 12.0. The van der Waals surface area contributed by atoms with Gasteiger partial charge in [0.1, 0.15) is 11.5 Å². The number of ketones is 1. The zero-order valence-electron chi connectivity index (χ0n) is 9.24. The molecule has 0 amide bonds. The highest BCUT2D eigenvalue weighted by Crippen LogP contribution is 2.29. The molecule has 0 N–H and O–H groups in total. The molecule has 0 aliphatic heterocycles. The highest BCUT2D eigenvalue weighted by atomic mass is 79.9. The number of hydrogen-bond donors (Lipinski definition) is 0. The third-order valence-corrected chi connectivity index (χ3v) is 2.65. The standard InChI is InChI=1S/C10H7BrF3NO4/c11-5-7(16)3-6-1-2-8(19-10(12,13)14)4-9(6)15(17)18/h1-2,4H,3,5H2. The van der Waals surface area contributed by atoms with Crippen LogP contribution < -0.4 is 4.74 Å². The normalized spacial score (nSPS) is 11.2. The fraction of sp³-hybridized carbons (Fsp3) is 0.300. The van der Waals surface area contributed by atoms with E-state index in [1.807, 2.05) is 0 Å². The zero-order valence-corrected chi connectivity index (χ0v) is 10.8. The lowest BCUT2D eigenvalue weighted by atomic mass is 10.1. The minimum atomic E-state index is -4.93. The molecule has 0 saturated carbocycles. The largest absolute Gasteiger partial charge is 0.573 e. The van der Waals surface area contributed by atoms with Gasteiger partial charge in [0, 0.05) is 12.0 Å². The van der Waals surface area contributed by atoms with E-state index in [0.29, 0.717) is 6.07 Å². The Kier molecular flexibility index (Phi) is 4.87. The second-order valence-electron chi connectivity index (χ2n) is 3.44. The molecular weight excluding hydrogens is 335 g/mol. The molecule has 0 aliphatic rings. The number of hydrogen-bond acceptors (Lipinski definition) is 4. The second kappa shape index (κ2) is 6.00. The van der Waals surface area contributed by atoms with Gasteiger partial charge >= 0.3 is 6.36 Å². The van der Waals surface area contributed by atoms with E-state index >= 15 is 0 Å². The molecule has 0 fully saturated rings. The van der Waals surface area contributed by atoms with Gasteiger partial charge in [0.15, 0.2) is 0 Å². The SMILES string of the molecule is O=C(CBr)Cc1ccc(OC(F)(F)F)cc1[N+](=O)[O-]. The first-order valence-corrected chi connectivity index (χ1v) is 5.96. The zero-order chi connectivity index (χ0) is 14.6. The molecule has 1 rings (SSSR count). The minimum absolute atomic E-state index is 0.00492. The van der Waals surface area contributed by atoms with Crippen molar-refractivity contribution in [3.8, 4) is 5.75 Å². The number of nitro groups is 1. The molecule has 0 unspecified atom stereocenters. The van der Waals surface area contributed by atoms with Crippen LogP contribution in [0.4, 0.5) is 18.9 Å². The maximum Gasteiger partial charge on any atom is 0.573 e. The van der Waals surface area contributed by atoms with E-state index < -0.39 is 22.7 Å². The molecule has 0 aliphatic carbocycles. The summed E-state index contributed by atoms with van der Waals surface area (Å²) in [6, 6.07) is 2.64. The highest BCUT2D eigenvalue weighted by molar-refractivity contribution is 9.09. The fourth-order valence-corrected chi connectivity index (χ4v) is 1.52. The number of ether oxygens (including phenoxy) is 1. The lowest BCUT2D eigenvalue weighted by Gasteiger charge is -2.09. The third-order valence-electron chi connectivity index (χ3n) is 2.02. The summed E-state index contributed by atoms with van der Waals surface area (Å²) in [7, 11) is 0. The number of benzene rings is 1. The molecule has 0 heterocycles. The lowest BCUT2D eigenvalue weighted by Crippen LogP contribution is -2.17. The number of carbonyl (C=O) groups is 1. The quantitative estimate of drug-likeness (QED) is 0.469. The molecule has 0 radical (unpaired) electrons. The van der Waals surface area contributed by atoms with E-state index in [0.717, 1.165) is 12.1 Å². The average molecular weight is 342 g/mol. The van der Waals surface area contributed by atoms with Crippen LogP contribution >= 0.6 is 15.9 Å². The average Bonchev–Trinajstić information content (AvgIpc) is 2.28. The monoisotopic (exact) mass is 341 g/mol. The number of halogens is 4. The summed E-state index contributed by atoms with van der Waals surface area (Å²) in [5.74, 6) is -1.03. The van der Waals surface area contributed by atoms with Crippen molar-refractivity contribution in [2.75, 3.05) is 5.33 Å². The Balaban J connectivity index is 3.08. The van der Waals surface area contributed by atoms with Crippen LogP contribution in [0.5, 0.6) is 5.75 Å². The van der Waals surface area contributed by atoms with Crippen LogP contribution in [0.3, 0.4) is 0 Å². The molecule has 0 atom stereocenters. The summed E-state index contributed by atoms with van der Waals surface area (Å²) < 4.78 is 39.5. The molecule has 1 aromatic carbocycles. The van der Waals surface area contributed by atoms with Crippen LogP contribution in [0.25, 0.3) is 0 Å². The van der Waals surface area contributed by atoms with Crippen LogP contribution in [-0.4, -0.2) is 22.4 Å². The Morgan fingerprint density at radius 2 is 2.05 bits per heavy atom. The smallest absolute Gasteiger partial charge is 0.406 e. The van der Waals surface area contributed by atoms with Crippen molar-refractivity contribution >= 4 is 27.4 Å². The first-order chi connectivity index (χ1) is 8.73. The van der Waals surface area contributed by atoms with E-state index in [1.54, 1.807) is 0 Å². The van der Waals surface area contributed by atoms with Gasteiger partial charge in [-0.1, -0.05) is 15.9 Å². The molecule has 104 valence electrons. The number of nitro benzene ring substituents is 1. The topological polar surface area (TPSA) is 69.4 Å². The third kappa shape index (κ3) is 4.86. The predicted octanol–water partition coefficient (Wildman–Crippen LogP) is 3.00. The van der Waals surface area contributed by atoms with Gasteiger partial charge in [-0.05, 0) is 12.1 Å². The van der Waals surface area contributed by atoms with E-state index in [-0.39, 0.29) is 23.1 Å². The lowest BCUT2D eigenvalue weighted by molar-refractivity contribution is -0.385. The van der Waals surface area contributed by atoms with Crippen molar-refractivity contribution in [2.24, 2.45) is 0 Å². The molecule has 9 heteroatoms. The molecule has 0 spiro atoms. The summed E-state index contributed by atoms with van der Waals surface area (Å²) in [5, 5.41) is 10.8. The Morgan fingerprint density at radius 3 is 2.53 bits per heavy atom. The summed E-state index contributed by atoms with van der Waals surface area (Å²) in [4.78, 5) is 21.1. The Morgan fingerprint density at radius 1 is 1.42 bits per heavy atom. The number of nitrogens with zero attached hydrogens (tertiary/aromatic N) is 1. The van der Waals surface area contributed by atoms with Crippen LogP contribution in [0, 0.1) is 10.1 Å². The van der Waals surface area contributed by atoms with Crippen LogP contribution in [0.2, 0.25) is 0 Å². The van der Waals surface area contributed by atoms with Gasteiger partial charge in [-0.2, -0.15) is 0 Å².